The molecule has 0 aliphatic carbocycles. The summed E-state index contributed by atoms with van der Waals surface area (Å²) in [7, 11) is -4.15. The molecule has 2 aliphatic rings. The zero-order chi connectivity index (χ0) is 42.5. The Hall–Kier alpha value is 0.651. The molecule has 4 atom stereocenters. The average molecular weight is 1070 g/mol. The molecule has 5 rings (SSSR count). The minimum atomic E-state index is -2.34. The second-order valence-corrected chi connectivity index (χ2v) is 62.8. The van der Waals surface area contributed by atoms with Gasteiger partial charge in [-0.05, 0) is 0 Å². The molecule has 0 fully saturated rings. The van der Waals surface area contributed by atoms with Crippen LogP contribution in [0, 0.1) is 23.7 Å². The summed E-state index contributed by atoms with van der Waals surface area (Å²) < 4.78 is 3.71. The Morgan fingerprint density at radius 1 is 0.414 bits per heavy atom. The summed E-state index contributed by atoms with van der Waals surface area (Å²) in [6.45, 7) is 19.9. The van der Waals surface area contributed by atoms with Crippen molar-refractivity contribution in [1.82, 2.24) is 0 Å². The molecule has 2 aliphatic heterocycles. The van der Waals surface area contributed by atoms with Crippen molar-refractivity contribution >= 4 is 102 Å². The van der Waals surface area contributed by atoms with Crippen LogP contribution in [0.1, 0.15) is 158 Å². The van der Waals surface area contributed by atoms with E-state index in [-0.39, 0.29) is 0 Å². The van der Waals surface area contributed by atoms with Gasteiger partial charge in [-0.25, -0.2) is 0 Å². The first-order chi connectivity index (χ1) is 27.6. The van der Waals surface area contributed by atoms with Gasteiger partial charge in [0.2, 0.25) is 0 Å². The molecule has 0 N–H and O–H groups in total. The molecule has 0 nitrogen and oxygen atoms in total. The van der Waals surface area contributed by atoms with Gasteiger partial charge >= 0.3 is 383 Å². The van der Waals surface area contributed by atoms with Crippen LogP contribution in [-0.2, 0) is 0 Å². The van der Waals surface area contributed by atoms with Crippen molar-refractivity contribution in [2.75, 3.05) is 0 Å². The summed E-state index contributed by atoms with van der Waals surface area (Å²) in [6, 6.07) is 17.9. The Bertz CT molecular complexity index is 1590. The van der Waals surface area contributed by atoms with Crippen LogP contribution in [-0.4, -0.2) is 52.9 Å². The number of rotatable bonds is 26. The van der Waals surface area contributed by atoms with E-state index in [0.717, 1.165) is 23.7 Å². The third kappa shape index (κ3) is 10.6. The first kappa shape index (κ1) is 49.7. The molecule has 1 aromatic carbocycles. The van der Waals surface area contributed by atoms with E-state index >= 15 is 0 Å². The number of hydrogen-bond acceptors (Lipinski definition) is 2. The predicted octanol–water partition coefficient (Wildman–Crippen LogP) is 14.9. The normalized spacial score (nSPS) is 20.8. The van der Waals surface area contributed by atoms with Gasteiger partial charge in [-0.2, -0.15) is 0 Å². The monoisotopic (exact) mass is 1070 g/mol. The molecule has 2 aromatic heterocycles. The first-order valence-corrected chi connectivity index (χ1v) is 51.5. The Kier molecular flexibility index (Phi) is 18.5. The molecular weight excluding hydrogens is 982 g/mol. The summed E-state index contributed by atoms with van der Waals surface area (Å²) in [5, 5.41) is 7.73. The minimum absolute atomic E-state index is 0.851. The van der Waals surface area contributed by atoms with E-state index in [9.17, 15) is 0 Å². The summed E-state index contributed by atoms with van der Waals surface area (Å²) in [5.74, 6) is 3.40. The third-order valence-corrected chi connectivity index (χ3v) is 47.8. The molecule has 326 valence electrons. The fourth-order valence-corrected chi connectivity index (χ4v) is 39.6. The zero-order valence-corrected chi connectivity index (χ0v) is 49.9. The maximum atomic E-state index is 3.04. The predicted molar refractivity (Wildman–Crippen MR) is 282 cm³/mol. The Balaban J connectivity index is 1.88. The van der Waals surface area contributed by atoms with Crippen molar-refractivity contribution in [1.29, 1.82) is 0 Å². The number of thiophene rings is 2. The summed E-state index contributed by atoms with van der Waals surface area (Å²) >= 11 is -0.0195. The SMILES string of the molecule is CCCCC(CC)C[Si]1(CC(CC)CCCC)c2cc3c(cc2-c2s[c]([Sn]([CH3])([CH3])[CH3])cc21)[Si](CC(CC)CCCC)(CC(CC)CCCC)c1c[c]([Sn]([CH3])([CH3])[CH3])sc1-3. The number of hydrogen-bond donors (Lipinski definition) is 0. The first-order valence-electron chi connectivity index (χ1n) is 25.1. The van der Waals surface area contributed by atoms with Gasteiger partial charge in [0.05, 0.1) is 0 Å². The van der Waals surface area contributed by atoms with Gasteiger partial charge in [0, 0.05) is 0 Å². The third-order valence-electron chi connectivity index (χ3n) is 15.4. The second-order valence-electron chi connectivity index (χ2n) is 21.8. The average Bonchev–Trinajstić information content (AvgIpc) is 3.95. The van der Waals surface area contributed by atoms with Crippen LogP contribution in [0.3, 0.4) is 0 Å². The molecule has 4 heterocycles. The van der Waals surface area contributed by atoms with Gasteiger partial charge in [-0.1, -0.05) is 0 Å². The van der Waals surface area contributed by atoms with Gasteiger partial charge in [-0.15, -0.1) is 0 Å². The fraction of sp³-hybridized carbons (Fsp3) is 0.731. The number of fused-ring (bicyclic) bond motifs is 6. The van der Waals surface area contributed by atoms with Crippen LogP contribution in [0.4, 0.5) is 0 Å². The fourth-order valence-electron chi connectivity index (χ4n) is 11.5. The molecule has 0 spiro atoms. The maximum absolute atomic E-state index is 3.04. The topological polar surface area (TPSA) is 0 Å². The van der Waals surface area contributed by atoms with Crippen LogP contribution in [0.5, 0.6) is 0 Å². The van der Waals surface area contributed by atoms with E-state index in [0.29, 0.717) is 0 Å². The van der Waals surface area contributed by atoms with E-state index in [1.807, 2.05) is 26.5 Å². The molecule has 0 saturated carbocycles. The Morgan fingerprint density at radius 2 is 0.690 bits per heavy atom. The summed E-state index contributed by atoms with van der Waals surface area (Å²) in [6.07, 6.45) is 22.0. The molecule has 0 radical (unpaired) electrons. The molecule has 0 bridgehead atoms. The quantitative estimate of drug-likeness (QED) is 0.0703. The molecule has 3 aromatic rings. The van der Waals surface area contributed by atoms with Crippen LogP contribution < -0.4 is 26.5 Å². The Labute approximate surface area is 379 Å². The van der Waals surface area contributed by atoms with E-state index in [2.05, 4.69) is 132 Å². The molecule has 0 amide bonds. The molecular formula is C52H90S2Si2Sn2. The van der Waals surface area contributed by atoms with Crippen LogP contribution >= 0.6 is 22.7 Å². The van der Waals surface area contributed by atoms with E-state index < -0.39 is 52.9 Å². The van der Waals surface area contributed by atoms with Gasteiger partial charge in [-0.3, -0.25) is 0 Å². The Morgan fingerprint density at radius 3 is 0.914 bits per heavy atom. The van der Waals surface area contributed by atoms with Crippen molar-refractivity contribution in [3.05, 3.63) is 24.3 Å². The van der Waals surface area contributed by atoms with Gasteiger partial charge in [0.1, 0.15) is 0 Å². The van der Waals surface area contributed by atoms with Gasteiger partial charge in [0.15, 0.2) is 0 Å². The van der Waals surface area contributed by atoms with Gasteiger partial charge in [0.25, 0.3) is 0 Å². The van der Waals surface area contributed by atoms with Crippen molar-refractivity contribution < 1.29 is 0 Å². The van der Waals surface area contributed by atoms with Crippen molar-refractivity contribution in [3.8, 4) is 20.9 Å². The standard InChI is InChI=1S/C46H72S2Si2.6CH3.2Sn/c1-9-17-21-35(13-5)31-49(32-36(14-6)22-18-10-2)41-25-27-47-45(41)39-30-44-40(29-43(39)49)46-42(26-28-48-46)50(44,33-37(15-7)23-19-11-3)34-38(16-8)24-20-12-4;;;;;;;;/h25-26,29-30,35-38H,9-24,31-34H2,1-8H3;6*1H3;;. The van der Waals surface area contributed by atoms with Crippen molar-refractivity contribution in [2.45, 2.75) is 212 Å². The molecule has 0 saturated heterocycles. The number of unbranched alkanes of at least 4 members (excludes halogenated alkanes) is 4. The molecule has 4 unspecified atom stereocenters. The second kappa shape index (κ2) is 21.6. The van der Waals surface area contributed by atoms with Gasteiger partial charge < -0.3 is 0 Å². The molecule has 58 heavy (non-hydrogen) atoms. The van der Waals surface area contributed by atoms with E-state index in [1.165, 1.54) is 127 Å². The van der Waals surface area contributed by atoms with Crippen LogP contribution in [0.15, 0.2) is 24.3 Å². The molecule has 6 heteroatoms. The summed E-state index contributed by atoms with van der Waals surface area (Å²) in [4.78, 5) is 19.8. The van der Waals surface area contributed by atoms with Crippen molar-refractivity contribution in [3.63, 3.8) is 0 Å². The van der Waals surface area contributed by atoms with Crippen LogP contribution in [0.25, 0.3) is 20.9 Å². The number of benzene rings is 1. The van der Waals surface area contributed by atoms with Crippen molar-refractivity contribution in [2.24, 2.45) is 23.7 Å². The summed E-state index contributed by atoms with van der Waals surface area (Å²) in [5.41, 5.74) is 3.57. The van der Waals surface area contributed by atoms with E-state index in [1.54, 1.807) is 20.9 Å². The van der Waals surface area contributed by atoms with E-state index in [4.69, 9.17) is 0 Å². The zero-order valence-electron chi connectivity index (χ0n) is 40.6. The van der Waals surface area contributed by atoms with Crippen LogP contribution in [0.2, 0.25) is 53.8 Å².